The number of ether oxygens (including phenoxy) is 1. The van der Waals surface area contributed by atoms with Gasteiger partial charge in [0.15, 0.2) is 0 Å². The Morgan fingerprint density at radius 3 is 2.52 bits per heavy atom. The number of hydrogen-bond donors (Lipinski definition) is 1. The van der Waals surface area contributed by atoms with Crippen LogP contribution in [0.15, 0.2) is 18.2 Å². The summed E-state index contributed by atoms with van der Waals surface area (Å²) in [5.74, 6) is 0.339. The van der Waals surface area contributed by atoms with Crippen molar-refractivity contribution in [3.63, 3.8) is 0 Å². The van der Waals surface area contributed by atoms with E-state index in [0.29, 0.717) is 17.2 Å². The summed E-state index contributed by atoms with van der Waals surface area (Å²) in [6.45, 7) is 9.33. The summed E-state index contributed by atoms with van der Waals surface area (Å²) in [6, 6.07) is 5.40. The SMILES string of the molecule is COC(=O)c1cccc(N)c1N1CCN(CC(C)C)CC1. The highest BCUT2D eigenvalue weighted by Crippen LogP contribution is 2.29. The summed E-state index contributed by atoms with van der Waals surface area (Å²) in [6.07, 6.45) is 0. The molecule has 0 aromatic heterocycles. The van der Waals surface area contributed by atoms with E-state index in [1.165, 1.54) is 7.11 Å². The number of piperazine rings is 1. The van der Waals surface area contributed by atoms with Crippen molar-refractivity contribution in [3.8, 4) is 0 Å². The lowest BCUT2D eigenvalue weighted by atomic mass is 10.1. The van der Waals surface area contributed by atoms with E-state index in [1.807, 2.05) is 6.07 Å². The Labute approximate surface area is 126 Å². The van der Waals surface area contributed by atoms with Gasteiger partial charge in [0, 0.05) is 32.7 Å². The molecule has 5 nitrogen and oxygen atoms in total. The molecule has 0 spiro atoms. The molecule has 0 unspecified atom stereocenters. The summed E-state index contributed by atoms with van der Waals surface area (Å²) in [5, 5.41) is 0. The van der Waals surface area contributed by atoms with Gasteiger partial charge in [0.1, 0.15) is 0 Å². The third-order valence-corrected chi connectivity index (χ3v) is 3.78. The first-order chi connectivity index (χ1) is 10.0. The Morgan fingerprint density at radius 1 is 1.29 bits per heavy atom. The first-order valence-electron chi connectivity index (χ1n) is 7.47. The van der Waals surface area contributed by atoms with Crippen molar-refractivity contribution < 1.29 is 9.53 Å². The molecule has 116 valence electrons. The van der Waals surface area contributed by atoms with E-state index in [0.717, 1.165) is 38.4 Å². The smallest absolute Gasteiger partial charge is 0.340 e. The molecule has 2 N–H and O–H groups in total. The van der Waals surface area contributed by atoms with E-state index in [4.69, 9.17) is 10.5 Å². The lowest BCUT2D eigenvalue weighted by molar-refractivity contribution is 0.0601. The minimum atomic E-state index is -0.332. The van der Waals surface area contributed by atoms with Gasteiger partial charge < -0.3 is 15.4 Å². The van der Waals surface area contributed by atoms with Crippen LogP contribution in [0.1, 0.15) is 24.2 Å². The number of nitrogens with two attached hydrogens (primary N) is 1. The number of methoxy groups -OCH3 is 1. The number of carbonyl (C=O) groups excluding carboxylic acids is 1. The maximum atomic E-state index is 11.9. The number of nitrogens with zero attached hydrogens (tertiary/aromatic N) is 2. The highest BCUT2D eigenvalue weighted by Gasteiger charge is 2.23. The number of hydrogen-bond acceptors (Lipinski definition) is 5. The predicted molar refractivity (Wildman–Crippen MR) is 85.7 cm³/mol. The molecule has 0 amide bonds. The van der Waals surface area contributed by atoms with Crippen LogP contribution < -0.4 is 10.6 Å². The number of carbonyl (C=O) groups is 1. The summed E-state index contributed by atoms with van der Waals surface area (Å²) < 4.78 is 4.86. The Hall–Kier alpha value is -1.75. The molecule has 0 bridgehead atoms. The number of rotatable bonds is 4. The van der Waals surface area contributed by atoms with Gasteiger partial charge in [-0.25, -0.2) is 4.79 Å². The molecule has 2 rings (SSSR count). The topological polar surface area (TPSA) is 58.8 Å². The second-order valence-electron chi connectivity index (χ2n) is 5.92. The molecule has 1 aliphatic rings. The van der Waals surface area contributed by atoms with Crippen LogP contribution >= 0.6 is 0 Å². The van der Waals surface area contributed by atoms with Gasteiger partial charge in [0.05, 0.1) is 24.0 Å². The zero-order valence-electron chi connectivity index (χ0n) is 13.1. The van der Waals surface area contributed by atoms with Crippen molar-refractivity contribution in [3.05, 3.63) is 23.8 Å². The molecule has 1 heterocycles. The molecule has 1 aromatic rings. The Bertz CT molecular complexity index is 494. The summed E-state index contributed by atoms with van der Waals surface area (Å²) in [7, 11) is 1.40. The van der Waals surface area contributed by atoms with Crippen LogP contribution in [-0.4, -0.2) is 50.7 Å². The summed E-state index contributed by atoms with van der Waals surface area (Å²) in [5.41, 5.74) is 8.10. The minimum Gasteiger partial charge on any atom is -0.465 e. The lowest BCUT2D eigenvalue weighted by Crippen LogP contribution is -2.48. The second-order valence-corrected chi connectivity index (χ2v) is 5.92. The molecule has 0 aliphatic carbocycles. The van der Waals surface area contributed by atoms with Crippen LogP contribution in [0.5, 0.6) is 0 Å². The fourth-order valence-electron chi connectivity index (χ4n) is 2.86. The van der Waals surface area contributed by atoms with E-state index >= 15 is 0 Å². The maximum absolute atomic E-state index is 11.9. The Balaban J connectivity index is 2.15. The van der Waals surface area contributed by atoms with Crippen LogP contribution in [0.2, 0.25) is 0 Å². The molecular weight excluding hydrogens is 266 g/mol. The van der Waals surface area contributed by atoms with Gasteiger partial charge in [-0.1, -0.05) is 19.9 Å². The molecule has 5 heteroatoms. The molecule has 21 heavy (non-hydrogen) atoms. The predicted octanol–water partition coefficient (Wildman–Crippen LogP) is 1.83. The van der Waals surface area contributed by atoms with Gasteiger partial charge in [-0.3, -0.25) is 4.90 Å². The third kappa shape index (κ3) is 3.67. The summed E-state index contributed by atoms with van der Waals surface area (Å²) in [4.78, 5) is 16.6. The standard InChI is InChI=1S/C16H25N3O2/c1-12(2)11-18-7-9-19(10-8-18)15-13(16(20)21-3)5-4-6-14(15)17/h4-6,12H,7-11,17H2,1-3H3. The van der Waals surface area contributed by atoms with Crippen LogP contribution in [0.25, 0.3) is 0 Å². The largest absolute Gasteiger partial charge is 0.465 e. The van der Waals surface area contributed by atoms with Crippen LogP contribution in [0, 0.1) is 5.92 Å². The van der Waals surface area contributed by atoms with Crippen molar-refractivity contribution in [2.24, 2.45) is 5.92 Å². The first-order valence-corrected chi connectivity index (χ1v) is 7.47. The monoisotopic (exact) mass is 291 g/mol. The van der Waals surface area contributed by atoms with Crippen molar-refractivity contribution in [1.82, 2.24) is 4.90 Å². The highest BCUT2D eigenvalue weighted by atomic mass is 16.5. The van der Waals surface area contributed by atoms with Crippen LogP contribution in [0.4, 0.5) is 11.4 Å². The molecule has 0 saturated carbocycles. The van der Waals surface area contributed by atoms with Crippen molar-refractivity contribution in [1.29, 1.82) is 0 Å². The van der Waals surface area contributed by atoms with Gasteiger partial charge in [-0.2, -0.15) is 0 Å². The van der Waals surface area contributed by atoms with E-state index in [9.17, 15) is 4.79 Å². The molecule has 1 aliphatic heterocycles. The number of anilines is 2. The molecule has 1 aromatic carbocycles. The van der Waals surface area contributed by atoms with Crippen LogP contribution in [-0.2, 0) is 4.74 Å². The fourth-order valence-corrected chi connectivity index (χ4v) is 2.86. The summed E-state index contributed by atoms with van der Waals surface area (Å²) >= 11 is 0. The van der Waals surface area contributed by atoms with Gasteiger partial charge in [-0.15, -0.1) is 0 Å². The third-order valence-electron chi connectivity index (χ3n) is 3.78. The molecule has 1 saturated heterocycles. The number of para-hydroxylation sites is 1. The normalized spacial score (nSPS) is 16.3. The van der Waals surface area contributed by atoms with E-state index in [1.54, 1.807) is 12.1 Å². The van der Waals surface area contributed by atoms with E-state index in [2.05, 4.69) is 23.6 Å². The molecular formula is C16H25N3O2. The fraction of sp³-hybridized carbons (Fsp3) is 0.562. The zero-order valence-corrected chi connectivity index (χ0v) is 13.1. The molecule has 0 atom stereocenters. The average molecular weight is 291 g/mol. The first kappa shape index (κ1) is 15.6. The van der Waals surface area contributed by atoms with Crippen molar-refractivity contribution >= 4 is 17.3 Å². The Kier molecular flexibility index (Phi) is 5.07. The lowest BCUT2D eigenvalue weighted by Gasteiger charge is -2.37. The van der Waals surface area contributed by atoms with Gasteiger partial charge in [-0.05, 0) is 18.1 Å². The molecule has 0 radical (unpaired) electrons. The van der Waals surface area contributed by atoms with Gasteiger partial charge in [0.2, 0.25) is 0 Å². The van der Waals surface area contributed by atoms with E-state index < -0.39 is 0 Å². The number of esters is 1. The van der Waals surface area contributed by atoms with Gasteiger partial charge >= 0.3 is 5.97 Å². The highest BCUT2D eigenvalue weighted by molar-refractivity contribution is 5.99. The zero-order chi connectivity index (χ0) is 15.4. The molecule has 1 fully saturated rings. The Morgan fingerprint density at radius 2 is 1.95 bits per heavy atom. The second kappa shape index (κ2) is 6.80. The van der Waals surface area contributed by atoms with Crippen molar-refractivity contribution in [2.75, 3.05) is 50.5 Å². The van der Waals surface area contributed by atoms with Crippen molar-refractivity contribution in [2.45, 2.75) is 13.8 Å². The average Bonchev–Trinajstić information content (AvgIpc) is 2.46. The van der Waals surface area contributed by atoms with Gasteiger partial charge in [0.25, 0.3) is 0 Å². The number of benzene rings is 1. The van der Waals surface area contributed by atoms with E-state index in [-0.39, 0.29) is 5.97 Å². The minimum absolute atomic E-state index is 0.332. The van der Waals surface area contributed by atoms with Crippen LogP contribution in [0.3, 0.4) is 0 Å². The maximum Gasteiger partial charge on any atom is 0.340 e. The number of nitrogen functional groups attached to an aromatic ring is 1. The quantitative estimate of drug-likeness (QED) is 0.677.